The molecular formula is C11H14BrNO3. The number of anilines is 1. The van der Waals surface area contributed by atoms with Crippen molar-refractivity contribution in [3.8, 4) is 0 Å². The molecule has 3 N–H and O–H groups in total. The number of carbonyl (C=O) groups is 1. The number of aliphatic hydroxyl groups is 1. The van der Waals surface area contributed by atoms with E-state index in [-0.39, 0.29) is 18.2 Å². The summed E-state index contributed by atoms with van der Waals surface area (Å²) in [5.41, 5.74) is 1.07. The Labute approximate surface area is 102 Å². The summed E-state index contributed by atoms with van der Waals surface area (Å²) in [4.78, 5) is 10.7. The largest absolute Gasteiger partial charge is 0.478 e. The van der Waals surface area contributed by atoms with E-state index in [0.29, 0.717) is 10.9 Å². The van der Waals surface area contributed by atoms with Crippen LogP contribution >= 0.6 is 15.9 Å². The molecule has 0 aliphatic heterocycles. The smallest absolute Gasteiger partial charge is 0.335 e. The number of aliphatic hydroxyl groups excluding tert-OH is 1. The van der Waals surface area contributed by atoms with Gasteiger partial charge in [-0.05, 0) is 47.5 Å². The average molecular weight is 288 g/mol. The van der Waals surface area contributed by atoms with E-state index in [2.05, 4.69) is 21.2 Å². The molecule has 0 aliphatic carbocycles. The number of nitrogens with one attached hydrogen (secondary N) is 1. The molecular weight excluding hydrogens is 274 g/mol. The molecule has 1 atom stereocenters. The molecule has 0 fully saturated rings. The fourth-order valence-electron chi connectivity index (χ4n) is 1.30. The van der Waals surface area contributed by atoms with Gasteiger partial charge >= 0.3 is 5.97 Å². The number of carboxylic acid groups (broad SMARTS) is 1. The van der Waals surface area contributed by atoms with E-state index in [9.17, 15) is 4.79 Å². The number of hydrogen-bond donors (Lipinski definition) is 3. The van der Waals surface area contributed by atoms with E-state index >= 15 is 0 Å². The lowest BCUT2D eigenvalue weighted by Gasteiger charge is -2.15. The van der Waals surface area contributed by atoms with Crippen molar-refractivity contribution in [3.63, 3.8) is 0 Å². The van der Waals surface area contributed by atoms with Gasteiger partial charge in [-0.2, -0.15) is 0 Å². The number of aromatic carboxylic acids is 1. The van der Waals surface area contributed by atoms with Crippen LogP contribution in [0.5, 0.6) is 0 Å². The van der Waals surface area contributed by atoms with E-state index in [1.807, 2.05) is 6.92 Å². The van der Waals surface area contributed by atoms with Crippen LogP contribution in [0.2, 0.25) is 0 Å². The van der Waals surface area contributed by atoms with Gasteiger partial charge in [-0.3, -0.25) is 0 Å². The van der Waals surface area contributed by atoms with E-state index in [1.54, 1.807) is 18.2 Å². The van der Waals surface area contributed by atoms with Gasteiger partial charge in [-0.1, -0.05) is 0 Å². The van der Waals surface area contributed by atoms with Gasteiger partial charge in [0, 0.05) is 22.8 Å². The maximum atomic E-state index is 10.7. The zero-order chi connectivity index (χ0) is 12.1. The first-order valence-corrected chi connectivity index (χ1v) is 5.74. The first-order chi connectivity index (χ1) is 7.54. The number of carboxylic acids is 1. The summed E-state index contributed by atoms with van der Waals surface area (Å²) in [5, 5.41) is 20.7. The van der Waals surface area contributed by atoms with Crippen LogP contribution in [0.4, 0.5) is 5.69 Å². The molecule has 1 aromatic carbocycles. The molecule has 0 amide bonds. The van der Waals surface area contributed by atoms with E-state index in [0.717, 1.165) is 5.69 Å². The topological polar surface area (TPSA) is 69.6 Å². The first kappa shape index (κ1) is 13.0. The Morgan fingerprint density at radius 3 is 2.75 bits per heavy atom. The van der Waals surface area contributed by atoms with Crippen LogP contribution in [0.1, 0.15) is 23.7 Å². The molecule has 4 nitrogen and oxygen atoms in total. The summed E-state index contributed by atoms with van der Waals surface area (Å²) >= 11 is 3.31. The fraction of sp³-hybridized carbons (Fsp3) is 0.364. The molecule has 0 bridgehead atoms. The highest BCUT2D eigenvalue weighted by Gasteiger charge is 2.08. The Bertz CT molecular complexity index is 381. The standard InChI is InChI=1S/C11H14BrNO3/c1-7(4-5-14)13-10-3-2-8(11(15)16)6-9(10)12/h2-3,6-7,13-14H,4-5H2,1H3,(H,15,16). The van der Waals surface area contributed by atoms with Gasteiger partial charge in [0.2, 0.25) is 0 Å². The van der Waals surface area contributed by atoms with Gasteiger partial charge < -0.3 is 15.5 Å². The van der Waals surface area contributed by atoms with Crippen molar-refractivity contribution in [1.82, 2.24) is 0 Å². The monoisotopic (exact) mass is 287 g/mol. The zero-order valence-corrected chi connectivity index (χ0v) is 10.5. The first-order valence-electron chi connectivity index (χ1n) is 4.95. The van der Waals surface area contributed by atoms with Crippen LogP contribution in [0.15, 0.2) is 22.7 Å². The average Bonchev–Trinajstić information content (AvgIpc) is 2.21. The van der Waals surface area contributed by atoms with Gasteiger partial charge in [-0.15, -0.1) is 0 Å². The maximum Gasteiger partial charge on any atom is 0.335 e. The lowest BCUT2D eigenvalue weighted by atomic mass is 10.2. The van der Waals surface area contributed by atoms with Crippen molar-refractivity contribution in [2.24, 2.45) is 0 Å². The molecule has 0 radical (unpaired) electrons. The SMILES string of the molecule is CC(CCO)Nc1ccc(C(=O)O)cc1Br. The van der Waals surface area contributed by atoms with Crippen molar-refractivity contribution >= 4 is 27.6 Å². The van der Waals surface area contributed by atoms with Crippen LogP contribution < -0.4 is 5.32 Å². The van der Waals surface area contributed by atoms with Crippen molar-refractivity contribution < 1.29 is 15.0 Å². The minimum Gasteiger partial charge on any atom is -0.478 e. The molecule has 0 spiro atoms. The summed E-state index contributed by atoms with van der Waals surface area (Å²) in [6, 6.07) is 4.94. The van der Waals surface area contributed by atoms with Crippen LogP contribution in [0, 0.1) is 0 Å². The molecule has 16 heavy (non-hydrogen) atoms. The lowest BCUT2D eigenvalue weighted by Crippen LogP contribution is -2.16. The Kier molecular flexibility index (Phi) is 4.76. The highest BCUT2D eigenvalue weighted by atomic mass is 79.9. The van der Waals surface area contributed by atoms with Crippen molar-refractivity contribution in [2.75, 3.05) is 11.9 Å². The second kappa shape index (κ2) is 5.86. The van der Waals surface area contributed by atoms with Gasteiger partial charge in [-0.25, -0.2) is 4.79 Å². The third-order valence-electron chi connectivity index (χ3n) is 2.18. The quantitative estimate of drug-likeness (QED) is 0.777. The van der Waals surface area contributed by atoms with Gasteiger partial charge in [0.25, 0.3) is 0 Å². The Morgan fingerprint density at radius 2 is 2.25 bits per heavy atom. The van der Waals surface area contributed by atoms with Crippen LogP contribution in [0.3, 0.4) is 0 Å². The molecule has 0 aliphatic rings. The molecule has 0 heterocycles. The fourth-order valence-corrected chi connectivity index (χ4v) is 1.79. The van der Waals surface area contributed by atoms with E-state index in [4.69, 9.17) is 10.2 Å². The van der Waals surface area contributed by atoms with Crippen molar-refractivity contribution in [2.45, 2.75) is 19.4 Å². The molecule has 0 aromatic heterocycles. The van der Waals surface area contributed by atoms with Crippen molar-refractivity contribution in [3.05, 3.63) is 28.2 Å². The molecule has 88 valence electrons. The van der Waals surface area contributed by atoms with E-state index in [1.165, 1.54) is 0 Å². The van der Waals surface area contributed by atoms with Crippen LogP contribution in [-0.4, -0.2) is 28.8 Å². The van der Waals surface area contributed by atoms with Crippen LogP contribution in [-0.2, 0) is 0 Å². The predicted molar refractivity (Wildman–Crippen MR) is 65.9 cm³/mol. The number of rotatable bonds is 5. The lowest BCUT2D eigenvalue weighted by molar-refractivity contribution is 0.0697. The van der Waals surface area contributed by atoms with Gasteiger partial charge in [0.05, 0.1) is 5.56 Å². The number of hydrogen-bond acceptors (Lipinski definition) is 3. The van der Waals surface area contributed by atoms with Crippen molar-refractivity contribution in [1.29, 1.82) is 0 Å². The van der Waals surface area contributed by atoms with Gasteiger partial charge in [0.1, 0.15) is 0 Å². The normalized spacial score (nSPS) is 12.2. The summed E-state index contributed by atoms with van der Waals surface area (Å²) in [6.07, 6.45) is 0.646. The predicted octanol–water partition coefficient (Wildman–Crippen LogP) is 2.33. The highest BCUT2D eigenvalue weighted by molar-refractivity contribution is 9.10. The molecule has 0 saturated carbocycles. The molecule has 1 rings (SSSR count). The minimum atomic E-state index is -0.948. The molecule has 1 aromatic rings. The second-order valence-corrected chi connectivity index (χ2v) is 4.41. The molecule has 0 saturated heterocycles. The molecule has 1 unspecified atom stereocenters. The summed E-state index contributed by atoms with van der Waals surface area (Å²) < 4.78 is 0.706. The number of benzene rings is 1. The summed E-state index contributed by atoms with van der Waals surface area (Å²) in [5.74, 6) is -0.948. The molecule has 5 heteroatoms. The van der Waals surface area contributed by atoms with E-state index < -0.39 is 5.97 Å². The highest BCUT2D eigenvalue weighted by Crippen LogP contribution is 2.24. The summed E-state index contributed by atoms with van der Waals surface area (Å²) in [7, 11) is 0. The second-order valence-electron chi connectivity index (χ2n) is 3.56. The number of halogens is 1. The Morgan fingerprint density at radius 1 is 1.56 bits per heavy atom. The minimum absolute atomic E-state index is 0.124. The third-order valence-corrected chi connectivity index (χ3v) is 2.84. The van der Waals surface area contributed by atoms with Gasteiger partial charge in [0.15, 0.2) is 0 Å². The Balaban J connectivity index is 2.79. The zero-order valence-electron chi connectivity index (χ0n) is 8.90. The summed E-state index contributed by atoms with van der Waals surface area (Å²) in [6.45, 7) is 2.08. The third kappa shape index (κ3) is 3.50. The maximum absolute atomic E-state index is 10.7. The van der Waals surface area contributed by atoms with Crippen LogP contribution in [0.25, 0.3) is 0 Å². The Hall–Kier alpha value is -1.07.